The van der Waals surface area contributed by atoms with Gasteiger partial charge in [-0.3, -0.25) is 0 Å². The maximum atomic E-state index is 10.8. The van der Waals surface area contributed by atoms with Crippen molar-refractivity contribution in [2.75, 3.05) is 5.33 Å². The third-order valence-corrected chi connectivity index (χ3v) is 4.79. The molecular weight excluding hydrogens is 428 g/mol. The molecule has 1 aliphatic heterocycles. The van der Waals surface area contributed by atoms with E-state index in [2.05, 4.69) is 75.5 Å². The number of hydrogen-bond acceptors (Lipinski definition) is 2. The Morgan fingerprint density at radius 3 is 1.61 bits per heavy atom. The second kappa shape index (κ2) is 12.7. The predicted molar refractivity (Wildman–Crippen MR) is 89.7 cm³/mol. The molecule has 0 bridgehead atoms. The molecule has 0 saturated heterocycles. The molecule has 0 radical (unpaired) electrons. The van der Waals surface area contributed by atoms with Gasteiger partial charge in [0.05, 0.1) is 5.33 Å². The third-order valence-electron chi connectivity index (χ3n) is 1.98. The fraction of sp³-hybridized carbons (Fsp3) is 0.769. The molecule has 0 fully saturated rings. The van der Waals surface area contributed by atoms with Crippen molar-refractivity contribution in [3.8, 4) is 0 Å². The standard InChI is InChI=1S/C5H3Br3O2.2C4H10/c6-2-5(8)1-3(7)4(9)10-5;2*1-3-4-2/h1H,2H2;2*3-4H2,1-2H3. The second-order valence-corrected chi connectivity index (χ2v) is 6.56. The second-order valence-electron chi connectivity index (χ2n) is 3.80. The molecule has 1 atom stereocenters. The first-order valence-electron chi connectivity index (χ1n) is 6.27. The minimum absolute atomic E-state index is 0.337. The molecule has 0 N–H and O–H groups in total. The first kappa shape index (κ1) is 21.0. The first-order chi connectivity index (χ1) is 8.40. The molecule has 5 heteroatoms. The lowest BCUT2D eigenvalue weighted by atomic mass is 10.4. The Morgan fingerprint density at radius 2 is 1.50 bits per heavy atom. The van der Waals surface area contributed by atoms with E-state index in [0.29, 0.717) is 9.81 Å². The summed E-state index contributed by atoms with van der Waals surface area (Å²) < 4.78 is 4.71. The van der Waals surface area contributed by atoms with Crippen LogP contribution in [0.4, 0.5) is 0 Å². The van der Waals surface area contributed by atoms with Gasteiger partial charge in [0.25, 0.3) is 0 Å². The molecule has 1 aliphatic rings. The number of carbonyl (C=O) groups excluding carboxylic acids is 1. The fourth-order valence-electron chi connectivity index (χ4n) is 0.546. The van der Waals surface area contributed by atoms with Crippen molar-refractivity contribution in [3.05, 3.63) is 10.6 Å². The van der Waals surface area contributed by atoms with Gasteiger partial charge in [-0.25, -0.2) is 4.79 Å². The van der Waals surface area contributed by atoms with E-state index < -0.39 is 4.51 Å². The summed E-state index contributed by atoms with van der Waals surface area (Å²) in [4.78, 5) is 10.8. The van der Waals surface area contributed by atoms with Gasteiger partial charge in [0.15, 0.2) is 4.51 Å². The topological polar surface area (TPSA) is 26.3 Å². The summed E-state index contributed by atoms with van der Waals surface area (Å²) in [6.45, 7) is 8.72. The van der Waals surface area contributed by atoms with Crippen LogP contribution in [0.5, 0.6) is 0 Å². The van der Waals surface area contributed by atoms with Gasteiger partial charge in [-0.1, -0.05) is 69.3 Å². The van der Waals surface area contributed by atoms with Crippen LogP contribution in [0.3, 0.4) is 0 Å². The maximum Gasteiger partial charge on any atom is 0.346 e. The van der Waals surface area contributed by atoms with Crippen molar-refractivity contribution in [1.29, 1.82) is 0 Å². The Hall–Kier alpha value is 0.650. The maximum absolute atomic E-state index is 10.8. The van der Waals surface area contributed by atoms with Crippen molar-refractivity contribution in [2.45, 2.75) is 57.9 Å². The molecule has 1 rings (SSSR count). The summed E-state index contributed by atoms with van der Waals surface area (Å²) in [5.74, 6) is -0.337. The van der Waals surface area contributed by atoms with Gasteiger partial charge in [-0.05, 0) is 37.9 Å². The smallest absolute Gasteiger partial charge is 0.346 e. The largest absolute Gasteiger partial charge is 0.438 e. The fourth-order valence-corrected chi connectivity index (χ4v) is 1.96. The Morgan fingerprint density at radius 1 is 1.11 bits per heavy atom. The van der Waals surface area contributed by atoms with Crippen molar-refractivity contribution >= 4 is 53.8 Å². The SMILES string of the molecule is CCCC.CCCC.O=C1OC(Br)(CBr)C=C1Br. The van der Waals surface area contributed by atoms with Gasteiger partial charge in [0.1, 0.15) is 4.48 Å². The summed E-state index contributed by atoms with van der Waals surface area (Å²) in [5, 5.41) is 0.542. The molecule has 0 aromatic rings. The zero-order valence-corrected chi connectivity index (χ0v) is 16.3. The summed E-state index contributed by atoms with van der Waals surface area (Å²) in [5.41, 5.74) is 0. The molecule has 1 unspecified atom stereocenters. The summed E-state index contributed by atoms with van der Waals surface area (Å²) in [7, 11) is 0. The van der Waals surface area contributed by atoms with Gasteiger partial charge < -0.3 is 4.74 Å². The van der Waals surface area contributed by atoms with Crippen LogP contribution in [0.2, 0.25) is 0 Å². The van der Waals surface area contributed by atoms with Crippen LogP contribution in [0.25, 0.3) is 0 Å². The molecule has 0 spiro atoms. The van der Waals surface area contributed by atoms with Crippen molar-refractivity contribution < 1.29 is 9.53 Å². The van der Waals surface area contributed by atoms with Crippen LogP contribution in [0, 0.1) is 0 Å². The van der Waals surface area contributed by atoms with Crippen molar-refractivity contribution in [3.63, 3.8) is 0 Å². The Balaban J connectivity index is 0. The highest BCUT2D eigenvalue weighted by atomic mass is 79.9. The van der Waals surface area contributed by atoms with E-state index in [1.807, 2.05) is 0 Å². The molecule has 0 aliphatic carbocycles. The lowest BCUT2D eigenvalue weighted by Crippen LogP contribution is -2.21. The molecule has 0 aromatic heterocycles. The summed E-state index contributed by atoms with van der Waals surface area (Å²) >= 11 is 9.48. The van der Waals surface area contributed by atoms with E-state index in [-0.39, 0.29) is 5.97 Å². The molecule has 0 saturated carbocycles. The number of hydrogen-bond donors (Lipinski definition) is 0. The Labute approximate surface area is 136 Å². The molecule has 18 heavy (non-hydrogen) atoms. The number of alkyl halides is 2. The van der Waals surface area contributed by atoms with Gasteiger partial charge in [0, 0.05) is 0 Å². The highest BCUT2D eigenvalue weighted by molar-refractivity contribution is 9.13. The van der Waals surface area contributed by atoms with Crippen LogP contribution in [0.15, 0.2) is 10.6 Å². The van der Waals surface area contributed by atoms with Crippen LogP contribution >= 0.6 is 47.8 Å². The summed E-state index contributed by atoms with van der Waals surface area (Å²) in [6, 6.07) is 0. The molecular formula is C13H23Br3O2. The molecule has 108 valence electrons. The third kappa shape index (κ3) is 10.6. The van der Waals surface area contributed by atoms with Crippen LogP contribution < -0.4 is 0 Å². The Bertz CT molecular complexity index is 247. The number of ether oxygens (including phenoxy) is 1. The highest BCUT2D eigenvalue weighted by Crippen LogP contribution is 2.34. The van der Waals surface area contributed by atoms with Crippen LogP contribution in [-0.4, -0.2) is 15.8 Å². The van der Waals surface area contributed by atoms with Crippen LogP contribution in [0.1, 0.15) is 53.4 Å². The quantitative estimate of drug-likeness (QED) is 0.394. The van der Waals surface area contributed by atoms with Gasteiger partial charge >= 0.3 is 5.97 Å². The molecule has 0 aromatic carbocycles. The first-order valence-corrected chi connectivity index (χ1v) is 8.97. The van der Waals surface area contributed by atoms with E-state index in [1.54, 1.807) is 6.08 Å². The van der Waals surface area contributed by atoms with E-state index in [9.17, 15) is 4.79 Å². The lowest BCUT2D eigenvalue weighted by molar-refractivity contribution is -0.139. The molecule has 1 heterocycles. The average molecular weight is 451 g/mol. The Kier molecular flexibility index (Phi) is 14.8. The number of esters is 1. The zero-order valence-electron chi connectivity index (χ0n) is 11.6. The summed E-state index contributed by atoms with van der Waals surface area (Å²) in [6.07, 6.45) is 6.95. The monoisotopic (exact) mass is 448 g/mol. The molecule has 2 nitrogen and oxygen atoms in total. The normalized spacial score (nSPS) is 21.1. The minimum Gasteiger partial charge on any atom is -0.438 e. The van der Waals surface area contributed by atoms with E-state index in [0.717, 1.165) is 0 Å². The van der Waals surface area contributed by atoms with E-state index >= 15 is 0 Å². The predicted octanol–water partition coefficient (Wildman–Crippen LogP) is 5.92. The van der Waals surface area contributed by atoms with Gasteiger partial charge in [-0.15, -0.1) is 0 Å². The minimum atomic E-state index is -0.650. The highest BCUT2D eigenvalue weighted by Gasteiger charge is 2.35. The van der Waals surface area contributed by atoms with Crippen molar-refractivity contribution in [1.82, 2.24) is 0 Å². The number of carbonyl (C=O) groups is 1. The van der Waals surface area contributed by atoms with Crippen molar-refractivity contribution in [2.24, 2.45) is 0 Å². The average Bonchev–Trinajstić information content (AvgIpc) is 2.64. The lowest BCUT2D eigenvalue weighted by Gasteiger charge is -2.14. The number of unbranched alkanes of at least 4 members (excludes halogenated alkanes) is 2. The van der Waals surface area contributed by atoms with Gasteiger partial charge in [0.2, 0.25) is 0 Å². The van der Waals surface area contributed by atoms with Crippen LogP contribution in [-0.2, 0) is 9.53 Å². The van der Waals surface area contributed by atoms with Gasteiger partial charge in [-0.2, -0.15) is 0 Å². The number of rotatable bonds is 3. The van der Waals surface area contributed by atoms with E-state index in [1.165, 1.54) is 25.7 Å². The number of halogens is 3. The molecule has 0 amide bonds. The zero-order chi connectivity index (χ0) is 14.6. The number of cyclic esters (lactones) is 1. The van der Waals surface area contributed by atoms with E-state index in [4.69, 9.17) is 4.74 Å².